The van der Waals surface area contributed by atoms with Crippen molar-refractivity contribution >= 4 is 5.78 Å². The maximum Gasteiger partial charge on any atom is 0.164 e. The molecule has 2 nitrogen and oxygen atoms in total. The highest BCUT2D eigenvalue weighted by atomic mass is 16.3. The van der Waals surface area contributed by atoms with E-state index in [1.54, 1.807) is 0 Å². The van der Waals surface area contributed by atoms with Crippen LogP contribution in [0.25, 0.3) is 0 Å². The lowest BCUT2D eigenvalue weighted by molar-refractivity contribution is -0.138. The first-order valence-electron chi connectivity index (χ1n) is 4.96. The van der Waals surface area contributed by atoms with Crippen LogP contribution in [0.5, 0.6) is 0 Å². The fourth-order valence-corrected chi connectivity index (χ4v) is 2.53. The Morgan fingerprint density at radius 2 is 2.08 bits per heavy atom. The van der Waals surface area contributed by atoms with Crippen molar-refractivity contribution in [1.29, 1.82) is 0 Å². The number of aliphatic hydroxyl groups is 1. The van der Waals surface area contributed by atoms with Crippen molar-refractivity contribution in [2.75, 3.05) is 0 Å². The van der Waals surface area contributed by atoms with Gasteiger partial charge in [0.15, 0.2) is 5.78 Å². The first-order chi connectivity index (χ1) is 5.71. The minimum absolute atomic E-state index is 0.102. The van der Waals surface area contributed by atoms with Crippen molar-refractivity contribution in [3.8, 4) is 0 Å². The quantitative estimate of drug-likeness (QED) is 0.597. The largest absolute Gasteiger partial charge is 0.382 e. The zero-order valence-corrected chi connectivity index (χ0v) is 7.38. The van der Waals surface area contributed by atoms with Gasteiger partial charge >= 0.3 is 0 Å². The number of carbonyl (C=O) groups excluding carboxylic acids is 1. The van der Waals surface area contributed by atoms with Gasteiger partial charge in [0, 0.05) is 6.42 Å². The van der Waals surface area contributed by atoms with Crippen LogP contribution >= 0.6 is 0 Å². The van der Waals surface area contributed by atoms with Crippen LogP contribution in [0, 0.1) is 5.92 Å². The molecule has 2 rings (SSSR count). The summed E-state index contributed by atoms with van der Waals surface area (Å²) in [7, 11) is 0. The predicted molar refractivity (Wildman–Crippen MR) is 45.8 cm³/mol. The number of carbonyl (C=O) groups is 1. The highest BCUT2D eigenvalue weighted by Crippen LogP contribution is 2.37. The molecular weight excluding hydrogens is 152 g/mol. The monoisotopic (exact) mass is 168 g/mol. The van der Waals surface area contributed by atoms with E-state index in [9.17, 15) is 9.90 Å². The average molecular weight is 168 g/mol. The van der Waals surface area contributed by atoms with Gasteiger partial charge in [0.1, 0.15) is 5.60 Å². The minimum atomic E-state index is -0.925. The Labute approximate surface area is 73.0 Å². The van der Waals surface area contributed by atoms with Crippen LogP contribution in [0.2, 0.25) is 0 Å². The molecule has 2 atom stereocenters. The predicted octanol–water partition coefficient (Wildman–Crippen LogP) is 1.66. The summed E-state index contributed by atoms with van der Waals surface area (Å²) in [5.74, 6) is 0.815. The molecule has 0 aromatic carbocycles. The second-order valence-corrected chi connectivity index (χ2v) is 4.29. The molecule has 12 heavy (non-hydrogen) atoms. The third-order valence-corrected chi connectivity index (χ3v) is 3.47. The van der Waals surface area contributed by atoms with Crippen LogP contribution < -0.4 is 0 Å². The van der Waals surface area contributed by atoms with E-state index in [-0.39, 0.29) is 5.78 Å². The molecule has 2 fully saturated rings. The summed E-state index contributed by atoms with van der Waals surface area (Å²) in [5.41, 5.74) is -0.925. The van der Waals surface area contributed by atoms with E-state index >= 15 is 0 Å². The molecule has 0 spiro atoms. The maximum absolute atomic E-state index is 11.5. The highest BCUT2D eigenvalue weighted by Gasteiger charge is 2.39. The molecule has 2 unspecified atom stereocenters. The molecule has 2 bridgehead atoms. The normalized spacial score (nSPS) is 42.4. The number of hydrogen-bond acceptors (Lipinski definition) is 2. The lowest BCUT2D eigenvalue weighted by Crippen LogP contribution is -2.37. The average Bonchev–Trinajstić information content (AvgIpc) is 2.29. The van der Waals surface area contributed by atoms with E-state index in [1.165, 1.54) is 6.42 Å². The second-order valence-electron chi connectivity index (χ2n) is 4.29. The standard InChI is InChI=1S/C10H16O2/c11-9-4-3-8-2-1-6-10(9,12)7-5-8/h8,12H,1-7H2. The molecule has 2 aliphatic carbocycles. The Bertz CT molecular complexity index is 200. The molecule has 0 saturated heterocycles. The van der Waals surface area contributed by atoms with Crippen LogP contribution in [0.4, 0.5) is 0 Å². The van der Waals surface area contributed by atoms with Crippen molar-refractivity contribution in [3.63, 3.8) is 0 Å². The number of hydrogen-bond donors (Lipinski definition) is 1. The molecule has 2 saturated carbocycles. The Morgan fingerprint density at radius 3 is 2.92 bits per heavy atom. The van der Waals surface area contributed by atoms with Crippen LogP contribution in [-0.4, -0.2) is 16.5 Å². The smallest absolute Gasteiger partial charge is 0.164 e. The first-order valence-corrected chi connectivity index (χ1v) is 4.96. The molecule has 0 radical (unpaired) electrons. The van der Waals surface area contributed by atoms with E-state index in [1.807, 2.05) is 0 Å². The molecular formula is C10H16O2. The van der Waals surface area contributed by atoms with Gasteiger partial charge in [-0.3, -0.25) is 4.79 Å². The summed E-state index contributed by atoms with van der Waals surface area (Å²) >= 11 is 0. The van der Waals surface area contributed by atoms with E-state index in [0.717, 1.165) is 25.7 Å². The molecule has 1 N–H and O–H groups in total. The summed E-state index contributed by atoms with van der Waals surface area (Å²) in [6, 6.07) is 0. The van der Waals surface area contributed by atoms with Crippen LogP contribution in [-0.2, 0) is 4.79 Å². The molecule has 68 valence electrons. The van der Waals surface area contributed by atoms with Gasteiger partial charge in [-0.25, -0.2) is 0 Å². The highest BCUT2D eigenvalue weighted by molar-refractivity contribution is 5.87. The number of fused-ring (bicyclic) bond motifs is 3. The fraction of sp³-hybridized carbons (Fsp3) is 0.900. The summed E-state index contributed by atoms with van der Waals surface area (Å²) in [5, 5.41) is 10.00. The second kappa shape index (κ2) is 2.84. The maximum atomic E-state index is 11.5. The molecule has 2 heteroatoms. The Hall–Kier alpha value is -0.370. The summed E-state index contributed by atoms with van der Waals surface area (Å²) < 4.78 is 0. The Balaban J connectivity index is 2.22. The van der Waals surface area contributed by atoms with Crippen molar-refractivity contribution in [3.05, 3.63) is 0 Å². The molecule has 0 amide bonds. The van der Waals surface area contributed by atoms with Crippen molar-refractivity contribution in [2.45, 2.75) is 50.5 Å². The fourth-order valence-electron chi connectivity index (χ4n) is 2.53. The topological polar surface area (TPSA) is 37.3 Å². The zero-order valence-electron chi connectivity index (χ0n) is 7.38. The van der Waals surface area contributed by atoms with Crippen molar-refractivity contribution < 1.29 is 9.90 Å². The number of Topliss-reactive ketones (excluding diaryl/α,β-unsaturated/α-hetero) is 1. The van der Waals surface area contributed by atoms with Crippen molar-refractivity contribution in [2.24, 2.45) is 5.92 Å². The SMILES string of the molecule is O=C1CCC2CCCC1(O)CC2. The third kappa shape index (κ3) is 1.28. The summed E-state index contributed by atoms with van der Waals surface area (Å²) in [6.45, 7) is 0. The van der Waals surface area contributed by atoms with Gasteiger partial charge in [0.25, 0.3) is 0 Å². The third-order valence-electron chi connectivity index (χ3n) is 3.47. The lowest BCUT2D eigenvalue weighted by Gasteiger charge is -2.23. The van der Waals surface area contributed by atoms with E-state index in [4.69, 9.17) is 0 Å². The van der Waals surface area contributed by atoms with Crippen LogP contribution in [0.3, 0.4) is 0 Å². The van der Waals surface area contributed by atoms with Gasteiger partial charge in [0.2, 0.25) is 0 Å². The first kappa shape index (κ1) is 8.24. The van der Waals surface area contributed by atoms with Gasteiger partial charge in [0.05, 0.1) is 0 Å². The zero-order chi connectivity index (χ0) is 8.60. The van der Waals surface area contributed by atoms with E-state index in [0.29, 0.717) is 18.8 Å². The van der Waals surface area contributed by atoms with Gasteiger partial charge in [-0.2, -0.15) is 0 Å². The number of ketones is 1. The Kier molecular flexibility index (Phi) is 1.95. The number of rotatable bonds is 0. The molecule has 0 aliphatic heterocycles. The minimum Gasteiger partial charge on any atom is -0.382 e. The van der Waals surface area contributed by atoms with E-state index in [2.05, 4.69) is 0 Å². The lowest BCUT2D eigenvalue weighted by atomic mass is 9.88. The summed E-state index contributed by atoms with van der Waals surface area (Å²) in [4.78, 5) is 11.5. The van der Waals surface area contributed by atoms with Gasteiger partial charge in [-0.15, -0.1) is 0 Å². The van der Waals surface area contributed by atoms with Crippen LogP contribution in [0.15, 0.2) is 0 Å². The van der Waals surface area contributed by atoms with Gasteiger partial charge in [-0.05, 0) is 38.0 Å². The molecule has 2 aliphatic rings. The molecule has 0 aromatic rings. The van der Waals surface area contributed by atoms with Gasteiger partial charge in [-0.1, -0.05) is 6.42 Å². The van der Waals surface area contributed by atoms with Gasteiger partial charge < -0.3 is 5.11 Å². The van der Waals surface area contributed by atoms with Crippen LogP contribution in [0.1, 0.15) is 44.9 Å². The van der Waals surface area contributed by atoms with E-state index < -0.39 is 5.60 Å². The molecule has 0 aromatic heterocycles. The Morgan fingerprint density at radius 1 is 1.25 bits per heavy atom. The molecule has 0 heterocycles. The summed E-state index contributed by atoms with van der Waals surface area (Å²) in [6.07, 6.45) is 6.37. The van der Waals surface area contributed by atoms with Crippen molar-refractivity contribution in [1.82, 2.24) is 0 Å².